The Balaban J connectivity index is 2.36. The van der Waals surface area contributed by atoms with Gasteiger partial charge in [-0.15, -0.1) is 0 Å². The summed E-state index contributed by atoms with van der Waals surface area (Å²) in [7, 11) is -4.26. The van der Waals surface area contributed by atoms with Crippen LogP contribution < -0.4 is 4.72 Å². The van der Waals surface area contributed by atoms with E-state index in [1.165, 1.54) is 13.3 Å². The maximum absolute atomic E-state index is 14.0. The zero-order valence-electron chi connectivity index (χ0n) is 10.8. The number of aliphatic hydroxyl groups excluding tert-OH is 1. The second-order valence-corrected chi connectivity index (χ2v) is 5.89. The second-order valence-electron chi connectivity index (χ2n) is 4.21. The van der Waals surface area contributed by atoms with Gasteiger partial charge in [0.15, 0.2) is 5.82 Å². The van der Waals surface area contributed by atoms with Crippen LogP contribution in [-0.2, 0) is 16.6 Å². The Hall–Kier alpha value is -1.91. The van der Waals surface area contributed by atoms with Crippen molar-refractivity contribution in [2.75, 3.05) is 0 Å². The molecule has 1 atom stereocenters. The summed E-state index contributed by atoms with van der Waals surface area (Å²) < 4.78 is 53.7. The largest absolute Gasteiger partial charge is 0.391 e. The van der Waals surface area contributed by atoms with Gasteiger partial charge in [0.2, 0.25) is 10.0 Å². The summed E-state index contributed by atoms with van der Waals surface area (Å²) in [5.41, 5.74) is -0.704. The van der Waals surface area contributed by atoms with Crippen molar-refractivity contribution in [1.29, 1.82) is 0 Å². The van der Waals surface area contributed by atoms with Crippen molar-refractivity contribution in [3.05, 3.63) is 41.5 Å². The molecule has 21 heavy (non-hydrogen) atoms. The van der Waals surface area contributed by atoms with Crippen LogP contribution in [0.2, 0.25) is 0 Å². The Labute approximate surface area is 119 Å². The third kappa shape index (κ3) is 3.06. The first kappa shape index (κ1) is 15.5. The minimum atomic E-state index is -4.26. The first-order chi connectivity index (χ1) is 9.86. The average molecular weight is 318 g/mol. The molecule has 2 aromatic rings. The molecule has 0 saturated carbocycles. The Morgan fingerprint density at radius 3 is 2.71 bits per heavy atom. The molecule has 1 unspecified atom stereocenters. The van der Waals surface area contributed by atoms with Crippen molar-refractivity contribution >= 4 is 10.0 Å². The van der Waals surface area contributed by atoms with Gasteiger partial charge in [0, 0.05) is 0 Å². The Morgan fingerprint density at radius 2 is 2.14 bits per heavy atom. The van der Waals surface area contributed by atoms with E-state index in [2.05, 4.69) is 19.9 Å². The van der Waals surface area contributed by atoms with Crippen LogP contribution in [-0.4, -0.2) is 28.7 Å². The third-order valence-electron chi connectivity index (χ3n) is 2.77. The van der Waals surface area contributed by atoms with Crippen molar-refractivity contribution in [1.82, 2.24) is 19.9 Å². The van der Waals surface area contributed by atoms with Gasteiger partial charge in [0.25, 0.3) is 0 Å². The van der Waals surface area contributed by atoms with Crippen molar-refractivity contribution in [3.63, 3.8) is 0 Å². The highest BCUT2D eigenvalue weighted by atomic mass is 32.2. The van der Waals surface area contributed by atoms with Crippen LogP contribution in [0.5, 0.6) is 0 Å². The van der Waals surface area contributed by atoms with Gasteiger partial charge in [-0.3, -0.25) is 5.10 Å². The zero-order chi connectivity index (χ0) is 15.6. The van der Waals surface area contributed by atoms with Crippen molar-refractivity contribution in [3.8, 4) is 0 Å². The standard InChI is InChI=1S/C11H12F2N4O3S/c1-6(11-14-5-15-16-11)17-21(19,20)9-3-2-8(12)7(4-18)10(9)13/h2-3,5-6,17-18H,4H2,1H3,(H,14,15,16). The zero-order valence-corrected chi connectivity index (χ0v) is 11.7. The Morgan fingerprint density at radius 1 is 1.43 bits per heavy atom. The topological polar surface area (TPSA) is 108 Å². The number of rotatable bonds is 5. The first-order valence-corrected chi connectivity index (χ1v) is 7.30. The number of H-pyrrole nitrogens is 1. The van der Waals surface area contributed by atoms with Crippen LogP contribution in [0.25, 0.3) is 0 Å². The molecule has 0 fully saturated rings. The number of benzene rings is 1. The molecule has 7 nitrogen and oxygen atoms in total. The Bertz CT molecular complexity index is 734. The van der Waals surface area contributed by atoms with Gasteiger partial charge in [0.1, 0.15) is 22.9 Å². The normalized spacial score (nSPS) is 13.3. The first-order valence-electron chi connectivity index (χ1n) is 5.82. The highest BCUT2D eigenvalue weighted by molar-refractivity contribution is 7.89. The highest BCUT2D eigenvalue weighted by Gasteiger charge is 2.26. The molecular formula is C11H12F2N4O3S. The fourth-order valence-corrected chi connectivity index (χ4v) is 3.01. The lowest BCUT2D eigenvalue weighted by atomic mass is 10.2. The Kier molecular flexibility index (Phi) is 4.30. The van der Waals surface area contributed by atoms with E-state index in [0.29, 0.717) is 0 Å². The van der Waals surface area contributed by atoms with E-state index in [0.717, 1.165) is 12.1 Å². The van der Waals surface area contributed by atoms with Crippen LogP contribution in [0, 0.1) is 11.6 Å². The van der Waals surface area contributed by atoms with Gasteiger partial charge in [-0.2, -0.15) is 5.10 Å². The SMILES string of the molecule is CC(NS(=O)(=O)c1ccc(F)c(CO)c1F)c1ncn[nH]1. The average Bonchev–Trinajstić information content (AvgIpc) is 2.92. The molecule has 0 aliphatic carbocycles. The van der Waals surface area contributed by atoms with E-state index in [-0.39, 0.29) is 5.82 Å². The third-order valence-corrected chi connectivity index (χ3v) is 4.33. The lowest BCUT2D eigenvalue weighted by molar-refractivity contribution is 0.267. The molecule has 0 radical (unpaired) electrons. The van der Waals surface area contributed by atoms with E-state index in [9.17, 15) is 17.2 Å². The molecule has 0 amide bonds. The molecule has 1 aromatic heterocycles. The molecule has 1 aromatic carbocycles. The summed E-state index contributed by atoms with van der Waals surface area (Å²) in [4.78, 5) is 3.03. The lowest BCUT2D eigenvalue weighted by Gasteiger charge is -2.13. The summed E-state index contributed by atoms with van der Waals surface area (Å²) in [5.74, 6) is -2.10. The number of aromatic nitrogens is 3. The minimum absolute atomic E-state index is 0.239. The number of nitrogens with one attached hydrogen (secondary N) is 2. The van der Waals surface area contributed by atoms with Gasteiger partial charge in [-0.1, -0.05) is 0 Å². The number of hydrogen-bond donors (Lipinski definition) is 3. The van der Waals surface area contributed by atoms with Gasteiger partial charge in [0.05, 0.1) is 18.2 Å². The lowest BCUT2D eigenvalue weighted by Crippen LogP contribution is -2.28. The van der Waals surface area contributed by atoms with Gasteiger partial charge in [-0.25, -0.2) is 26.9 Å². The molecule has 3 N–H and O–H groups in total. The molecule has 1 heterocycles. The number of nitrogens with zero attached hydrogens (tertiary/aromatic N) is 2. The molecule has 10 heteroatoms. The van der Waals surface area contributed by atoms with Crippen LogP contribution >= 0.6 is 0 Å². The van der Waals surface area contributed by atoms with Crippen LogP contribution in [0.1, 0.15) is 24.4 Å². The van der Waals surface area contributed by atoms with E-state index in [1.807, 2.05) is 0 Å². The molecule has 2 rings (SSSR count). The maximum atomic E-state index is 14.0. The number of aliphatic hydroxyl groups is 1. The highest BCUT2D eigenvalue weighted by Crippen LogP contribution is 2.22. The number of aromatic amines is 1. The molecule has 0 saturated heterocycles. The van der Waals surface area contributed by atoms with Crippen LogP contribution in [0.15, 0.2) is 23.4 Å². The number of sulfonamides is 1. The van der Waals surface area contributed by atoms with Crippen molar-refractivity contribution in [2.45, 2.75) is 24.5 Å². The molecule has 0 aliphatic heterocycles. The fraction of sp³-hybridized carbons (Fsp3) is 0.273. The van der Waals surface area contributed by atoms with E-state index < -0.39 is 44.8 Å². The molecular weight excluding hydrogens is 306 g/mol. The minimum Gasteiger partial charge on any atom is -0.391 e. The predicted octanol–water partition coefficient (Wildman–Crippen LogP) is 0.615. The summed E-state index contributed by atoms with van der Waals surface area (Å²) in [6.45, 7) is 0.533. The quantitative estimate of drug-likeness (QED) is 0.749. The van der Waals surface area contributed by atoms with Crippen LogP contribution in [0.3, 0.4) is 0 Å². The number of halogens is 2. The molecule has 114 valence electrons. The second kappa shape index (κ2) is 5.84. The summed E-state index contributed by atoms with van der Waals surface area (Å²) in [5, 5.41) is 15.0. The van der Waals surface area contributed by atoms with Gasteiger partial charge < -0.3 is 5.11 Å². The van der Waals surface area contributed by atoms with Crippen LogP contribution in [0.4, 0.5) is 8.78 Å². The van der Waals surface area contributed by atoms with E-state index in [1.54, 1.807) is 0 Å². The smallest absolute Gasteiger partial charge is 0.244 e. The van der Waals surface area contributed by atoms with Gasteiger partial charge in [-0.05, 0) is 19.1 Å². The predicted molar refractivity (Wildman–Crippen MR) is 67.4 cm³/mol. The van der Waals surface area contributed by atoms with Crippen molar-refractivity contribution < 1.29 is 22.3 Å². The van der Waals surface area contributed by atoms with Gasteiger partial charge >= 0.3 is 0 Å². The molecule has 0 bridgehead atoms. The number of hydrogen-bond acceptors (Lipinski definition) is 5. The summed E-state index contributed by atoms with van der Waals surface area (Å²) >= 11 is 0. The molecule has 0 spiro atoms. The maximum Gasteiger partial charge on any atom is 0.244 e. The van der Waals surface area contributed by atoms with E-state index in [4.69, 9.17) is 5.11 Å². The monoisotopic (exact) mass is 318 g/mol. The summed E-state index contributed by atoms with van der Waals surface area (Å²) in [6, 6.07) is 0.779. The summed E-state index contributed by atoms with van der Waals surface area (Å²) in [6.07, 6.45) is 1.20. The van der Waals surface area contributed by atoms with Crippen molar-refractivity contribution in [2.24, 2.45) is 0 Å². The van der Waals surface area contributed by atoms with E-state index >= 15 is 0 Å². The molecule has 0 aliphatic rings. The fourth-order valence-electron chi connectivity index (χ4n) is 1.70.